The van der Waals surface area contributed by atoms with Crippen LogP contribution >= 0.6 is 0 Å². The van der Waals surface area contributed by atoms with Crippen molar-refractivity contribution in [3.05, 3.63) is 0 Å². The Morgan fingerprint density at radius 1 is 1.20 bits per heavy atom. The lowest BCUT2D eigenvalue weighted by Gasteiger charge is -2.33. The highest BCUT2D eigenvalue weighted by atomic mass is 19.3. The van der Waals surface area contributed by atoms with Gasteiger partial charge in [0.05, 0.1) is 19.1 Å². The third-order valence-electron chi connectivity index (χ3n) is 2.83. The SMILES string of the molecule is COC(=O)CC(NC(C)=O)C(=O)NC(C)(C)C(C)(F)F. The number of carbonyl (C=O) groups is 3. The second-order valence-corrected chi connectivity index (χ2v) is 5.04. The molecule has 1 unspecified atom stereocenters. The molecule has 2 N–H and O–H groups in total. The molecule has 6 nitrogen and oxygen atoms in total. The smallest absolute Gasteiger partial charge is 0.308 e. The van der Waals surface area contributed by atoms with Crippen LogP contribution in [0.15, 0.2) is 0 Å². The quantitative estimate of drug-likeness (QED) is 0.703. The highest BCUT2D eigenvalue weighted by Crippen LogP contribution is 2.27. The molecule has 0 bridgehead atoms. The lowest BCUT2D eigenvalue weighted by molar-refractivity contribution is -0.144. The first-order valence-corrected chi connectivity index (χ1v) is 5.94. The fourth-order valence-electron chi connectivity index (χ4n) is 1.21. The molecule has 116 valence electrons. The fourth-order valence-corrected chi connectivity index (χ4v) is 1.21. The number of halogens is 2. The predicted octanol–water partition coefficient (Wildman–Crippen LogP) is 0.604. The standard InChI is InChI=1S/C12H20F2N2O4/c1-7(17)15-8(6-9(18)20-5)10(19)16-11(2,3)12(4,13)14/h8H,6H2,1-5H3,(H,15,17)(H,16,19). The van der Waals surface area contributed by atoms with Crippen molar-refractivity contribution in [2.24, 2.45) is 0 Å². The summed E-state index contributed by atoms with van der Waals surface area (Å²) in [6, 6.07) is -1.26. The molecule has 0 saturated carbocycles. The number of ether oxygens (including phenoxy) is 1. The number of hydrogen-bond acceptors (Lipinski definition) is 4. The minimum atomic E-state index is -3.17. The van der Waals surface area contributed by atoms with Gasteiger partial charge in [-0.05, 0) is 13.8 Å². The van der Waals surface area contributed by atoms with Gasteiger partial charge in [0, 0.05) is 13.8 Å². The molecule has 8 heteroatoms. The zero-order chi connectivity index (χ0) is 16.1. The zero-order valence-electron chi connectivity index (χ0n) is 12.2. The van der Waals surface area contributed by atoms with E-state index in [-0.39, 0.29) is 0 Å². The van der Waals surface area contributed by atoms with Crippen LogP contribution in [0.3, 0.4) is 0 Å². The molecule has 0 aromatic carbocycles. The van der Waals surface area contributed by atoms with E-state index in [1.54, 1.807) is 0 Å². The van der Waals surface area contributed by atoms with Crippen LogP contribution in [-0.4, -0.2) is 42.4 Å². The fraction of sp³-hybridized carbons (Fsp3) is 0.750. The average molecular weight is 294 g/mol. The molecule has 20 heavy (non-hydrogen) atoms. The largest absolute Gasteiger partial charge is 0.469 e. The first-order chi connectivity index (χ1) is 8.90. The van der Waals surface area contributed by atoms with Gasteiger partial charge in [-0.2, -0.15) is 0 Å². The highest BCUT2D eigenvalue weighted by molar-refractivity contribution is 5.90. The minimum absolute atomic E-state index is 0.437. The van der Waals surface area contributed by atoms with Crippen molar-refractivity contribution in [1.82, 2.24) is 10.6 Å². The second kappa shape index (κ2) is 6.62. The lowest BCUT2D eigenvalue weighted by Crippen LogP contribution is -2.59. The van der Waals surface area contributed by atoms with Crippen LogP contribution in [0.1, 0.15) is 34.1 Å². The first-order valence-electron chi connectivity index (χ1n) is 5.94. The maximum absolute atomic E-state index is 13.3. The van der Waals surface area contributed by atoms with Crippen LogP contribution in [-0.2, 0) is 19.1 Å². The molecule has 0 aromatic heterocycles. The van der Waals surface area contributed by atoms with Gasteiger partial charge >= 0.3 is 5.97 Å². The molecular formula is C12H20F2N2O4. The number of nitrogens with one attached hydrogen (secondary N) is 2. The number of rotatable bonds is 6. The summed E-state index contributed by atoms with van der Waals surface area (Å²) in [5.41, 5.74) is -1.82. The Morgan fingerprint density at radius 2 is 1.70 bits per heavy atom. The number of methoxy groups -OCH3 is 1. The normalized spacial score (nSPS) is 13.3. The number of hydrogen-bond donors (Lipinski definition) is 2. The molecule has 0 heterocycles. The Bertz CT molecular complexity index is 391. The zero-order valence-corrected chi connectivity index (χ0v) is 12.2. The molecule has 0 saturated heterocycles. The third kappa shape index (κ3) is 5.50. The van der Waals surface area contributed by atoms with Crippen LogP contribution in [0.5, 0.6) is 0 Å². The number of alkyl halides is 2. The molecule has 0 radical (unpaired) electrons. The molecular weight excluding hydrogens is 274 g/mol. The molecule has 0 aliphatic carbocycles. The molecule has 0 fully saturated rings. The van der Waals surface area contributed by atoms with E-state index in [4.69, 9.17) is 0 Å². The Hall–Kier alpha value is -1.73. The molecule has 0 spiro atoms. The van der Waals surface area contributed by atoms with E-state index in [1.807, 2.05) is 0 Å². The van der Waals surface area contributed by atoms with Crippen molar-refractivity contribution in [3.8, 4) is 0 Å². The lowest BCUT2D eigenvalue weighted by atomic mass is 9.96. The van der Waals surface area contributed by atoms with Crippen molar-refractivity contribution in [1.29, 1.82) is 0 Å². The van der Waals surface area contributed by atoms with E-state index in [0.29, 0.717) is 6.92 Å². The van der Waals surface area contributed by atoms with Gasteiger partial charge in [0.1, 0.15) is 6.04 Å². The molecule has 0 rings (SSSR count). The molecule has 1 atom stereocenters. The van der Waals surface area contributed by atoms with Crippen molar-refractivity contribution in [2.75, 3.05) is 7.11 Å². The predicted molar refractivity (Wildman–Crippen MR) is 67.1 cm³/mol. The summed E-state index contributed by atoms with van der Waals surface area (Å²) in [4.78, 5) is 34.1. The van der Waals surface area contributed by atoms with E-state index < -0.39 is 41.7 Å². The number of amides is 2. The summed E-state index contributed by atoms with van der Waals surface area (Å²) in [7, 11) is 1.12. The monoisotopic (exact) mass is 294 g/mol. The Balaban J connectivity index is 4.96. The van der Waals surface area contributed by atoms with Crippen LogP contribution in [0, 0.1) is 0 Å². The number of esters is 1. The summed E-state index contributed by atoms with van der Waals surface area (Å²) < 4.78 is 31.0. The third-order valence-corrected chi connectivity index (χ3v) is 2.83. The highest BCUT2D eigenvalue weighted by Gasteiger charge is 2.44. The van der Waals surface area contributed by atoms with Crippen LogP contribution in [0.2, 0.25) is 0 Å². The van der Waals surface area contributed by atoms with Crippen LogP contribution in [0.25, 0.3) is 0 Å². The van der Waals surface area contributed by atoms with Crippen LogP contribution in [0.4, 0.5) is 8.78 Å². The summed E-state index contributed by atoms with van der Waals surface area (Å²) in [5, 5.41) is 4.34. The van der Waals surface area contributed by atoms with Crippen molar-refractivity contribution in [3.63, 3.8) is 0 Å². The first kappa shape index (κ1) is 18.3. The van der Waals surface area contributed by atoms with E-state index in [9.17, 15) is 23.2 Å². The van der Waals surface area contributed by atoms with Crippen molar-refractivity contribution in [2.45, 2.75) is 51.6 Å². The summed E-state index contributed by atoms with van der Waals surface area (Å²) in [6.07, 6.45) is -0.437. The van der Waals surface area contributed by atoms with E-state index in [0.717, 1.165) is 27.9 Å². The molecule has 0 aromatic rings. The van der Waals surface area contributed by atoms with E-state index >= 15 is 0 Å². The molecule has 2 amide bonds. The Morgan fingerprint density at radius 3 is 2.05 bits per heavy atom. The van der Waals surface area contributed by atoms with Gasteiger partial charge in [0.15, 0.2) is 0 Å². The van der Waals surface area contributed by atoms with Gasteiger partial charge in [-0.3, -0.25) is 14.4 Å². The maximum atomic E-state index is 13.3. The molecule has 0 aliphatic heterocycles. The Kier molecular flexibility index (Phi) is 6.05. The van der Waals surface area contributed by atoms with Gasteiger partial charge < -0.3 is 15.4 Å². The van der Waals surface area contributed by atoms with Gasteiger partial charge in [-0.15, -0.1) is 0 Å². The summed E-state index contributed by atoms with van der Waals surface area (Å²) in [5.74, 6) is -5.35. The second-order valence-electron chi connectivity index (χ2n) is 5.04. The van der Waals surface area contributed by atoms with Crippen molar-refractivity contribution < 1.29 is 27.9 Å². The molecule has 0 aliphatic rings. The maximum Gasteiger partial charge on any atom is 0.308 e. The van der Waals surface area contributed by atoms with Gasteiger partial charge in [-0.1, -0.05) is 0 Å². The topological polar surface area (TPSA) is 84.5 Å². The van der Waals surface area contributed by atoms with Gasteiger partial charge in [-0.25, -0.2) is 8.78 Å². The van der Waals surface area contributed by atoms with Gasteiger partial charge in [0.2, 0.25) is 11.8 Å². The van der Waals surface area contributed by atoms with E-state index in [1.165, 1.54) is 0 Å². The minimum Gasteiger partial charge on any atom is -0.469 e. The number of carbonyl (C=O) groups excluding carboxylic acids is 3. The van der Waals surface area contributed by atoms with Gasteiger partial charge in [0.25, 0.3) is 5.92 Å². The average Bonchev–Trinajstić information content (AvgIpc) is 2.25. The van der Waals surface area contributed by atoms with Crippen LogP contribution < -0.4 is 10.6 Å². The Labute approximate surface area is 116 Å². The van der Waals surface area contributed by atoms with E-state index in [2.05, 4.69) is 15.4 Å². The summed E-state index contributed by atoms with van der Waals surface area (Å²) >= 11 is 0. The van der Waals surface area contributed by atoms with Crippen molar-refractivity contribution >= 4 is 17.8 Å². The summed E-state index contributed by atoms with van der Waals surface area (Å²) in [6.45, 7) is 4.11.